The third kappa shape index (κ3) is 3.32. The summed E-state index contributed by atoms with van der Waals surface area (Å²) in [6.07, 6.45) is 1.06. The van der Waals surface area contributed by atoms with Gasteiger partial charge in [0, 0.05) is 5.69 Å². The molecule has 0 saturated carbocycles. The topological polar surface area (TPSA) is 85.2 Å². The first kappa shape index (κ1) is 16.7. The average Bonchev–Trinajstić information content (AvgIpc) is 2.69. The van der Waals surface area contributed by atoms with Crippen LogP contribution in [0.3, 0.4) is 0 Å². The lowest BCUT2D eigenvalue weighted by Gasteiger charge is -2.34. The molecular formula is C21H17N3O3. The minimum atomic E-state index is -0.513. The Labute approximate surface area is 156 Å². The number of benzene rings is 3. The lowest BCUT2D eigenvalue weighted by molar-refractivity contribution is 0.0691. The number of anilines is 1. The largest absolute Gasteiger partial charge is 0.508 e. The number of hydrogen-bond donors (Lipinski definition) is 3. The van der Waals surface area contributed by atoms with Crippen LogP contribution < -0.4 is 5.32 Å². The third-order valence-corrected chi connectivity index (χ3v) is 4.34. The summed E-state index contributed by atoms with van der Waals surface area (Å²) in [7, 11) is 0. The van der Waals surface area contributed by atoms with Gasteiger partial charge in [-0.05, 0) is 59.7 Å². The van der Waals surface area contributed by atoms with Gasteiger partial charge in [0.15, 0.2) is 6.17 Å². The van der Waals surface area contributed by atoms with Gasteiger partial charge in [-0.15, -0.1) is 0 Å². The zero-order chi connectivity index (χ0) is 18.8. The summed E-state index contributed by atoms with van der Waals surface area (Å²) in [6, 6.07) is 20.5. The monoisotopic (exact) mass is 359 g/mol. The number of carbonyl (C=O) groups excluding carboxylic acids is 1. The Hall–Kier alpha value is -3.80. The predicted octanol–water partition coefficient (Wildman–Crippen LogP) is 3.70. The molecule has 6 heteroatoms. The molecule has 1 aliphatic rings. The van der Waals surface area contributed by atoms with Crippen LogP contribution in [-0.2, 0) is 0 Å². The molecule has 0 bridgehead atoms. The Balaban J connectivity index is 1.73. The summed E-state index contributed by atoms with van der Waals surface area (Å²) >= 11 is 0. The van der Waals surface area contributed by atoms with Crippen molar-refractivity contribution in [3.8, 4) is 11.5 Å². The van der Waals surface area contributed by atoms with E-state index in [0.717, 1.165) is 16.8 Å². The van der Waals surface area contributed by atoms with Crippen molar-refractivity contribution >= 4 is 17.8 Å². The van der Waals surface area contributed by atoms with Crippen molar-refractivity contribution in [3.63, 3.8) is 0 Å². The van der Waals surface area contributed by atoms with Crippen molar-refractivity contribution in [1.29, 1.82) is 0 Å². The predicted molar refractivity (Wildman–Crippen MR) is 103 cm³/mol. The fraction of sp³-hybridized carbons (Fsp3) is 0.0476. The summed E-state index contributed by atoms with van der Waals surface area (Å²) in [5, 5.41) is 28.1. The molecule has 0 aromatic heterocycles. The van der Waals surface area contributed by atoms with Crippen molar-refractivity contribution in [1.82, 2.24) is 5.01 Å². The Morgan fingerprint density at radius 2 is 1.52 bits per heavy atom. The number of para-hydroxylation sites is 1. The Morgan fingerprint density at radius 3 is 2.22 bits per heavy atom. The molecule has 3 N–H and O–H groups in total. The highest BCUT2D eigenvalue weighted by Crippen LogP contribution is 2.33. The van der Waals surface area contributed by atoms with E-state index in [9.17, 15) is 15.0 Å². The third-order valence-electron chi connectivity index (χ3n) is 4.34. The molecule has 1 amide bonds. The Morgan fingerprint density at radius 1 is 0.889 bits per heavy atom. The summed E-state index contributed by atoms with van der Waals surface area (Å²) in [5.74, 6) is 0.0941. The fourth-order valence-corrected chi connectivity index (χ4v) is 2.93. The molecule has 0 spiro atoms. The maximum Gasteiger partial charge on any atom is 0.278 e. The van der Waals surface area contributed by atoms with E-state index in [1.165, 1.54) is 5.01 Å². The second kappa shape index (κ2) is 6.84. The van der Waals surface area contributed by atoms with Crippen molar-refractivity contribution in [2.75, 3.05) is 5.32 Å². The summed E-state index contributed by atoms with van der Waals surface area (Å²) in [5.41, 5.74) is 2.81. The zero-order valence-corrected chi connectivity index (χ0v) is 14.3. The molecule has 0 radical (unpaired) electrons. The number of carbonyl (C=O) groups is 1. The van der Waals surface area contributed by atoms with E-state index in [2.05, 4.69) is 10.4 Å². The van der Waals surface area contributed by atoms with Gasteiger partial charge >= 0.3 is 0 Å². The van der Waals surface area contributed by atoms with Gasteiger partial charge in [-0.25, -0.2) is 5.01 Å². The quantitative estimate of drug-likeness (QED) is 0.623. The molecule has 0 fully saturated rings. The highest BCUT2D eigenvalue weighted by Gasteiger charge is 2.32. The van der Waals surface area contributed by atoms with Crippen molar-refractivity contribution in [2.24, 2.45) is 5.10 Å². The lowest BCUT2D eigenvalue weighted by Crippen LogP contribution is -2.39. The zero-order valence-electron chi connectivity index (χ0n) is 14.3. The van der Waals surface area contributed by atoms with Crippen LogP contribution in [0.2, 0.25) is 0 Å². The van der Waals surface area contributed by atoms with Crippen molar-refractivity contribution in [2.45, 2.75) is 6.17 Å². The maximum absolute atomic E-state index is 13.0. The van der Waals surface area contributed by atoms with E-state index in [4.69, 9.17) is 0 Å². The van der Waals surface area contributed by atoms with Crippen LogP contribution in [0.1, 0.15) is 27.7 Å². The number of hydrazone groups is 1. The Kier molecular flexibility index (Phi) is 4.22. The number of phenols is 2. The molecule has 1 aliphatic heterocycles. The van der Waals surface area contributed by atoms with Gasteiger partial charge in [-0.3, -0.25) is 4.79 Å². The smallest absolute Gasteiger partial charge is 0.278 e. The number of fused-ring (bicyclic) bond motifs is 1. The first-order valence-electron chi connectivity index (χ1n) is 8.43. The number of aromatic hydroxyl groups is 2. The number of nitrogens with one attached hydrogen (secondary N) is 1. The highest BCUT2D eigenvalue weighted by molar-refractivity contribution is 6.02. The van der Waals surface area contributed by atoms with E-state index in [1.54, 1.807) is 66.9 Å². The van der Waals surface area contributed by atoms with Gasteiger partial charge in [0.05, 0.1) is 11.8 Å². The van der Waals surface area contributed by atoms with E-state index in [-0.39, 0.29) is 17.4 Å². The number of amides is 1. The summed E-state index contributed by atoms with van der Waals surface area (Å²) in [4.78, 5) is 13.0. The maximum atomic E-state index is 13.0. The van der Waals surface area contributed by atoms with Gasteiger partial charge in [0.25, 0.3) is 5.91 Å². The lowest BCUT2D eigenvalue weighted by atomic mass is 10.0. The number of hydrogen-bond acceptors (Lipinski definition) is 5. The fourth-order valence-electron chi connectivity index (χ4n) is 2.93. The second-order valence-electron chi connectivity index (χ2n) is 6.17. The molecular weight excluding hydrogens is 342 g/mol. The van der Waals surface area contributed by atoms with Crippen LogP contribution in [0.15, 0.2) is 77.9 Å². The minimum absolute atomic E-state index is 0.153. The van der Waals surface area contributed by atoms with Gasteiger partial charge < -0.3 is 15.5 Å². The molecule has 6 nitrogen and oxygen atoms in total. The van der Waals surface area contributed by atoms with E-state index in [0.29, 0.717) is 5.56 Å². The van der Waals surface area contributed by atoms with Crippen LogP contribution in [0, 0.1) is 0 Å². The van der Waals surface area contributed by atoms with Crippen molar-refractivity contribution < 1.29 is 15.0 Å². The number of rotatable bonds is 3. The second-order valence-corrected chi connectivity index (χ2v) is 6.17. The molecule has 3 aromatic carbocycles. The van der Waals surface area contributed by atoms with Gasteiger partial charge in [-0.1, -0.05) is 24.3 Å². The van der Waals surface area contributed by atoms with E-state index < -0.39 is 6.17 Å². The van der Waals surface area contributed by atoms with E-state index in [1.807, 2.05) is 12.1 Å². The molecule has 3 aromatic rings. The molecule has 1 atom stereocenters. The highest BCUT2D eigenvalue weighted by atomic mass is 16.3. The van der Waals surface area contributed by atoms with Crippen LogP contribution >= 0.6 is 0 Å². The molecule has 1 heterocycles. The van der Waals surface area contributed by atoms with Crippen LogP contribution in [-0.4, -0.2) is 27.3 Å². The summed E-state index contributed by atoms with van der Waals surface area (Å²) in [6.45, 7) is 0. The average molecular weight is 359 g/mol. The standard InChI is InChI=1S/C21H17N3O3/c25-16-9-5-14(6-10-16)13-22-24-20(15-7-11-17(26)12-8-15)23-19-4-2-1-3-18(19)21(24)27/h1-13,20,23,25-26H/b22-13-/t20-/m0/s1. The van der Waals surface area contributed by atoms with Crippen LogP contribution in [0.4, 0.5) is 5.69 Å². The SMILES string of the molecule is O=C1c2ccccc2N[C@H](c2ccc(O)cc2)N1/N=C\c1ccc(O)cc1. The van der Waals surface area contributed by atoms with Crippen LogP contribution in [0.25, 0.3) is 0 Å². The molecule has 0 aliphatic carbocycles. The first-order chi connectivity index (χ1) is 13.1. The van der Waals surface area contributed by atoms with Gasteiger partial charge in [-0.2, -0.15) is 5.10 Å². The molecule has 0 saturated heterocycles. The first-order valence-corrected chi connectivity index (χ1v) is 8.43. The molecule has 27 heavy (non-hydrogen) atoms. The number of phenolic OH excluding ortho intramolecular Hbond substituents is 2. The van der Waals surface area contributed by atoms with Gasteiger partial charge in [0.1, 0.15) is 11.5 Å². The van der Waals surface area contributed by atoms with E-state index >= 15 is 0 Å². The Bertz CT molecular complexity index is 998. The van der Waals surface area contributed by atoms with Crippen LogP contribution in [0.5, 0.6) is 11.5 Å². The van der Waals surface area contributed by atoms with Gasteiger partial charge in [0.2, 0.25) is 0 Å². The minimum Gasteiger partial charge on any atom is -0.508 e. The molecule has 4 rings (SSSR count). The number of nitrogens with zero attached hydrogens (tertiary/aromatic N) is 2. The molecule has 0 unspecified atom stereocenters. The van der Waals surface area contributed by atoms with Crippen molar-refractivity contribution in [3.05, 3.63) is 89.5 Å². The molecule has 134 valence electrons. The normalized spacial score (nSPS) is 16.2. The summed E-state index contributed by atoms with van der Waals surface area (Å²) < 4.78 is 0.